The van der Waals surface area contributed by atoms with Gasteiger partial charge in [-0.1, -0.05) is 6.92 Å². The quantitative estimate of drug-likeness (QED) is 0.807. The largest absolute Gasteiger partial charge is 0.461 e. The number of ether oxygens (including phenoxy) is 1. The SMILES string of the molecule is CCOC(=O)c1nc(CC)n(CCc2nccn2C)c1N. The number of anilines is 1. The van der Waals surface area contributed by atoms with E-state index in [1.807, 2.05) is 29.3 Å². The van der Waals surface area contributed by atoms with Crippen molar-refractivity contribution in [3.8, 4) is 0 Å². The average Bonchev–Trinajstić information content (AvgIpc) is 3.00. The summed E-state index contributed by atoms with van der Waals surface area (Å²) in [6.45, 7) is 4.67. The summed E-state index contributed by atoms with van der Waals surface area (Å²) in [4.78, 5) is 20.4. The molecule has 2 rings (SSSR count). The van der Waals surface area contributed by atoms with E-state index >= 15 is 0 Å². The van der Waals surface area contributed by atoms with E-state index in [0.717, 1.165) is 18.1 Å². The van der Waals surface area contributed by atoms with Crippen LogP contribution in [0.2, 0.25) is 0 Å². The lowest BCUT2D eigenvalue weighted by molar-refractivity contribution is 0.0521. The zero-order valence-electron chi connectivity index (χ0n) is 12.7. The van der Waals surface area contributed by atoms with Crippen molar-refractivity contribution in [3.63, 3.8) is 0 Å². The molecule has 0 aliphatic rings. The summed E-state index contributed by atoms with van der Waals surface area (Å²) in [5.41, 5.74) is 6.26. The van der Waals surface area contributed by atoms with Gasteiger partial charge in [0, 0.05) is 38.8 Å². The average molecular weight is 291 g/mol. The molecule has 0 spiro atoms. The number of hydrogen-bond acceptors (Lipinski definition) is 5. The molecule has 0 unspecified atom stereocenters. The molecule has 0 atom stereocenters. The summed E-state index contributed by atoms with van der Waals surface area (Å²) in [5.74, 6) is 1.63. The Morgan fingerprint density at radius 3 is 2.71 bits per heavy atom. The molecule has 2 aromatic rings. The van der Waals surface area contributed by atoms with Crippen LogP contribution in [-0.4, -0.2) is 31.7 Å². The number of carbonyl (C=O) groups excluding carboxylic acids is 1. The number of nitrogen functional groups attached to an aromatic ring is 1. The summed E-state index contributed by atoms with van der Waals surface area (Å²) in [7, 11) is 1.95. The molecule has 0 saturated carbocycles. The van der Waals surface area contributed by atoms with E-state index in [4.69, 9.17) is 10.5 Å². The summed E-state index contributed by atoms with van der Waals surface area (Å²) < 4.78 is 8.81. The summed E-state index contributed by atoms with van der Waals surface area (Å²) >= 11 is 0. The van der Waals surface area contributed by atoms with E-state index in [0.29, 0.717) is 25.4 Å². The second-order valence-corrected chi connectivity index (χ2v) is 4.69. The molecule has 0 saturated heterocycles. The van der Waals surface area contributed by atoms with E-state index in [1.54, 1.807) is 13.1 Å². The molecule has 2 heterocycles. The monoisotopic (exact) mass is 291 g/mol. The number of nitrogens with zero attached hydrogens (tertiary/aromatic N) is 4. The molecule has 7 nitrogen and oxygen atoms in total. The van der Waals surface area contributed by atoms with Gasteiger partial charge in [0.05, 0.1) is 6.61 Å². The van der Waals surface area contributed by atoms with Crippen molar-refractivity contribution < 1.29 is 9.53 Å². The molecule has 0 radical (unpaired) electrons. The zero-order valence-corrected chi connectivity index (χ0v) is 12.7. The van der Waals surface area contributed by atoms with Crippen LogP contribution < -0.4 is 5.73 Å². The van der Waals surface area contributed by atoms with E-state index in [-0.39, 0.29) is 5.69 Å². The molecule has 21 heavy (non-hydrogen) atoms. The minimum Gasteiger partial charge on any atom is -0.461 e. The number of carbonyl (C=O) groups is 1. The number of rotatable bonds is 6. The molecule has 2 N–H and O–H groups in total. The highest BCUT2D eigenvalue weighted by atomic mass is 16.5. The van der Waals surface area contributed by atoms with Crippen molar-refractivity contribution in [1.82, 2.24) is 19.1 Å². The molecule has 2 aromatic heterocycles. The molecule has 0 bridgehead atoms. The first kappa shape index (κ1) is 15.1. The van der Waals surface area contributed by atoms with Crippen LogP contribution in [0.4, 0.5) is 5.82 Å². The number of hydrogen-bond donors (Lipinski definition) is 1. The van der Waals surface area contributed by atoms with Crippen LogP contribution in [0.15, 0.2) is 12.4 Å². The van der Waals surface area contributed by atoms with Gasteiger partial charge < -0.3 is 19.6 Å². The van der Waals surface area contributed by atoms with Crippen molar-refractivity contribution in [2.45, 2.75) is 33.2 Å². The Kier molecular flexibility index (Phi) is 4.62. The van der Waals surface area contributed by atoms with Crippen LogP contribution in [0, 0.1) is 0 Å². The molecular weight excluding hydrogens is 270 g/mol. The third-order valence-electron chi connectivity index (χ3n) is 3.35. The van der Waals surface area contributed by atoms with Crippen LogP contribution in [-0.2, 0) is 31.2 Å². The summed E-state index contributed by atoms with van der Waals surface area (Å²) in [6.07, 6.45) is 5.08. The van der Waals surface area contributed by atoms with Crippen LogP contribution in [0.25, 0.3) is 0 Å². The van der Waals surface area contributed by atoms with E-state index < -0.39 is 5.97 Å². The maximum Gasteiger partial charge on any atom is 0.360 e. The van der Waals surface area contributed by atoms with Crippen molar-refractivity contribution in [2.24, 2.45) is 7.05 Å². The lowest BCUT2D eigenvalue weighted by atomic mass is 10.3. The Morgan fingerprint density at radius 1 is 1.38 bits per heavy atom. The van der Waals surface area contributed by atoms with Crippen molar-refractivity contribution >= 4 is 11.8 Å². The van der Waals surface area contributed by atoms with Gasteiger partial charge in [0.2, 0.25) is 0 Å². The number of aromatic nitrogens is 4. The van der Waals surface area contributed by atoms with E-state index in [9.17, 15) is 4.79 Å². The number of esters is 1. The number of imidazole rings is 2. The summed E-state index contributed by atoms with van der Waals surface area (Å²) in [5, 5.41) is 0. The van der Waals surface area contributed by atoms with Crippen LogP contribution in [0.1, 0.15) is 36.0 Å². The van der Waals surface area contributed by atoms with Gasteiger partial charge in [-0.15, -0.1) is 0 Å². The highest BCUT2D eigenvalue weighted by molar-refractivity contribution is 5.92. The Hall–Kier alpha value is -2.31. The Morgan fingerprint density at radius 2 is 2.14 bits per heavy atom. The molecule has 0 aliphatic heterocycles. The third-order valence-corrected chi connectivity index (χ3v) is 3.35. The second kappa shape index (κ2) is 6.43. The Bertz CT molecular complexity index is 629. The first-order chi connectivity index (χ1) is 10.1. The van der Waals surface area contributed by atoms with Gasteiger partial charge in [0.15, 0.2) is 5.69 Å². The molecule has 0 aliphatic carbocycles. The highest BCUT2D eigenvalue weighted by Gasteiger charge is 2.20. The van der Waals surface area contributed by atoms with Crippen molar-refractivity contribution in [1.29, 1.82) is 0 Å². The smallest absolute Gasteiger partial charge is 0.360 e. The minimum absolute atomic E-state index is 0.202. The normalized spacial score (nSPS) is 10.8. The van der Waals surface area contributed by atoms with Gasteiger partial charge in [-0.3, -0.25) is 0 Å². The van der Waals surface area contributed by atoms with Gasteiger partial charge in [0.1, 0.15) is 17.5 Å². The van der Waals surface area contributed by atoms with E-state index in [1.165, 1.54) is 0 Å². The number of aryl methyl sites for hydroxylation is 3. The Labute approximate surface area is 123 Å². The molecule has 114 valence electrons. The fourth-order valence-electron chi connectivity index (χ4n) is 2.23. The van der Waals surface area contributed by atoms with Gasteiger partial charge >= 0.3 is 5.97 Å². The van der Waals surface area contributed by atoms with Gasteiger partial charge in [-0.2, -0.15) is 0 Å². The zero-order chi connectivity index (χ0) is 15.4. The topological polar surface area (TPSA) is 88.0 Å². The molecule has 0 aromatic carbocycles. The van der Waals surface area contributed by atoms with Crippen LogP contribution in [0.5, 0.6) is 0 Å². The standard InChI is InChI=1S/C14H21N5O2/c1-4-10-17-12(14(20)21-5-2)13(15)19(10)8-6-11-16-7-9-18(11)3/h7,9H,4-6,8,15H2,1-3H3. The molecule has 0 fully saturated rings. The fraction of sp³-hybridized carbons (Fsp3) is 0.500. The van der Waals surface area contributed by atoms with Crippen LogP contribution >= 0.6 is 0 Å². The maximum absolute atomic E-state index is 11.8. The first-order valence-electron chi connectivity index (χ1n) is 7.06. The van der Waals surface area contributed by atoms with E-state index in [2.05, 4.69) is 9.97 Å². The number of nitrogens with two attached hydrogens (primary N) is 1. The van der Waals surface area contributed by atoms with Gasteiger partial charge in [-0.25, -0.2) is 14.8 Å². The summed E-state index contributed by atoms with van der Waals surface area (Å²) in [6, 6.07) is 0. The predicted molar refractivity (Wildman–Crippen MR) is 78.9 cm³/mol. The lowest BCUT2D eigenvalue weighted by Crippen LogP contribution is -2.12. The predicted octanol–water partition coefficient (Wildman–Crippen LogP) is 1.18. The highest BCUT2D eigenvalue weighted by Crippen LogP contribution is 2.17. The molecule has 0 amide bonds. The molecule has 7 heteroatoms. The second-order valence-electron chi connectivity index (χ2n) is 4.69. The fourth-order valence-corrected chi connectivity index (χ4v) is 2.23. The van der Waals surface area contributed by atoms with Crippen LogP contribution in [0.3, 0.4) is 0 Å². The maximum atomic E-state index is 11.8. The Balaban J connectivity index is 2.22. The van der Waals surface area contributed by atoms with Crippen molar-refractivity contribution in [3.05, 3.63) is 29.7 Å². The third kappa shape index (κ3) is 3.07. The first-order valence-corrected chi connectivity index (χ1v) is 7.06. The minimum atomic E-state index is -0.472. The molecular formula is C14H21N5O2. The van der Waals surface area contributed by atoms with Gasteiger partial charge in [0.25, 0.3) is 0 Å². The van der Waals surface area contributed by atoms with Crippen molar-refractivity contribution in [2.75, 3.05) is 12.3 Å². The van der Waals surface area contributed by atoms with Gasteiger partial charge in [-0.05, 0) is 6.92 Å². The lowest BCUT2D eigenvalue weighted by Gasteiger charge is -2.09.